The molecule has 3 aliphatic heterocycles. The molecular formula is C99H113N13O17. The Morgan fingerprint density at radius 3 is 1.02 bits per heavy atom. The maximum absolute atomic E-state index is 13.6. The molecule has 3 aliphatic rings. The summed E-state index contributed by atoms with van der Waals surface area (Å²) in [7, 11) is 0. The molecule has 30 nitrogen and oxygen atoms in total. The van der Waals surface area contributed by atoms with Crippen molar-refractivity contribution in [3.05, 3.63) is 229 Å². The first-order chi connectivity index (χ1) is 61.1. The molecule has 3 saturated heterocycles. The van der Waals surface area contributed by atoms with Gasteiger partial charge in [-0.2, -0.15) is 0 Å². The van der Waals surface area contributed by atoms with E-state index in [1.54, 1.807) is 152 Å². The van der Waals surface area contributed by atoms with Crippen molar-refractivity contribution in [2.75, 3.05) is 115 Å². The van der Waals surface area contributed by atoms with Crippen LogP contribution in [0.3, 0.4) is 0 Å². The number of nitrogen functional groups attached to an aromatic ring is 1. The molecule has 9 heterocycles. The largest absolute Gasteiger partial charge is 0.478 e. The molecule has 0 atom stereocenters. The second kappa shape index (κ2) is 40.6. The van der Waals surface area contributed by atoms with Crippen LogP contribution in [-0.2, 0) is 36.5 Å². The molecular weight excluding hydrogens is 1640 g/mol. The van der Waals surface area contributed by atoms with Crippen LogP contribution in [0.25, 0.3) is 66.7 Å². The van der Waals surface area contributed by atoms with Crippen molar-refractivity contribution >= 4 is 121 Å². The summed E-state index contributed by atoms with van der Waals surface area (Å²) in [5, 5.41) is 23.2. The van der Waals surface area contributed by atoms with E-state index in [0.29, 0.717) is 109 Å². The fourth-order valence-electron chi connectivity index (χ4n) is 14.2. The second-order valence-electron chi connectivity index (χ2n) is 36.3. The summed E-state index contributed by atoms with van der Waals surface area (Å²) in [5.74, 6) is 0.823. The predicted octanol–water partition coefficient (Wildman–Crippen LogP) is 19.9. The number of aromatic carboxylic acids is 1. The Bertz CT molecular complexity index is 5980. The number of amides is 5. The average Bonchev–Trinajstić information content (AvgIpc) is 1.03. The number of nitrogens with zero attached hydrogens (tertiary/aromatic N) is 8. The highest BCUT2D eigenvalue weighted by atomic mass is 16.6. The molecule has 6 aromatic heterocycles. The molecule has 30 heteroatoms. The number of carbonyl (C=O) groups excluding carboxylic acids is 7. The number of ether oxygens (including phenoxy) is 5. The van der Waals surface area contributed by atoms with E-state index in [1.807, 2.05) is 145 Å². The molecule has 7 N–H and O–H groups in total. The van der Waals surface area contributed by atoms with Crippen LogP contribution >= 0.6 is 0 Å². The summed E-state index contributed by atoms with van der Waals surface area (Å²) in [6, 6.07) is 50.4. The smallest absolute Gasteiger partial charge is 0.412 e. The van der Waals surface area contributed by atoms with E-state index >= 15 is 0 Å². The molecule has 3 fully saturated rings. The van der Waals surface area contributed by atoms with Gasteiger partial charge in [0.1, 0.15) is 45.3 Å². The zero-order valence-corrected chi connectivity index (χ0v) is 75.6. The Balaban J connectivity index is 0.000000163. The van der Waals surface area contributed by atoms with Crippen LogP contribution in [0.5, 0.6) is 0 Å². The molecule has 0 spiro atoms. The Hall–Kier alpha value is -14.3. The number of hydrogen-bond acceptors (Lipinski definition) is 24. The lowest BCUT2D eigenvalue weighted by atomic mass is 9.99. The normalized spacial score (nSPS) is 13.7. The molecule has 12 aromatic rings. The van der Waals surface area contributed by atoms with Crippen molar-refractivity contribution in [1.29, 1.82) is 0 Å². The van der Waals surface area contributed by atoms with E-state index in [0.717, 1.165) is 98.4 Å². The predicted molar refractivity (Wildman–Crippen MR) is 500 cm³/mol. The number of ketones is 2. The number of rotatable bonds is 16. The number of aromatic nitrogens is 3. The number of hydrogen-bond donors (Lipinski definition) is 6. The van der Waals surface area contributed by atoms with Crippen LogP contribution in [0.4, 0.5) is 63.8 Å². The number of carboxylic acids is 1. The molecule has 0 bridgehead atoms. The van der Waals surface area contributed by atoms with E-state index in [-0.39, 0.29) is 42.2 Å². The lowest BCUT2D eigenvalue weighted by Crippen LogP contribution is -2.50. The van der Waals surface area contributed by atoms with Crippen molar-refractivity contribution < 1.29 is 80.4 Å². The van der Waals surface area contributed by atoms with Crippen LogP contribution in [0.2, 0.25) is 0 Å². The third kappa shape index (κ3) is 27.1. The van der Waals surface area contributed by atoms with Gasteiger partial charge in [0.05, 0.1) is 52.3 Å². The van der Waals surface area contributed by atoms with Gasteiger partial charge in [-0.1, -0.05) is 18.2 Å². The second-order valence-corrected chi connectivity index (χ2v) is 36.3. The minimum atomic E-state index is -0.984. The van der Waals surface area contributed by atoms with Crippen LogP contribution in [0.1, 0.15) is 146 Å². The van der Waals surface area contributed by atoms with Gasteiger partial charge in [-0.05, 0) is 261 Å². The number of fused-ring (bicyclic) bond motifs is 3. The zero-order valence-electron chi connectivity index (χ0n) is 75.6. The quantitative estimate of drug-likeness (QED) is 0.0297. The first-order valence-corrected chi connectivity index (χ1v) is 42.7. The highest BCUT2D eigenvalue weighted by molar-refractivity contribution is 6.03. The Morgan fingerprint density at radius 2 is 0.698 bits per heavy atom. The van der Waals surface area contributed by atoms with E-state index in [2.05, 4.69) is 63.1 Å². The van der Waals surface area contributed by atoms with Crippen molar-refractivity contribution in [2.45, 2.75) is 145 Å². The first-order valence-electron chi connectivity index (χ1n) is 42.7. The minimum Gasteiger partial charge on any atom is -0.478 e. The molecule has 0 aliphatic carbocycles. The zero-order chi connectivity index (χ0) is 92.7. The van der Waals surface area contributed by atoms with Crippen LogP contribution in [0, 0.1) is 0 Å². The van der Waals surface area contributed by atoms with Gasteiger partial charge in [-0.15, -0.1) is 0 Å². The number of anilines is 7. The fourth-order valence-corrected chi connectivity index (χ4v) is 14.2. The standard InChI is InChI=1S/C35H40N4O6.C30H32N4O4.C19H23N3O4.C15H18N2O3/c1-34(2,3)44-32(41)37-28-12-10-24(31-8-7-17-43-31)19-25(28)20-30(40)26-18-23-9-11-27(21-29(23)36-22-26)38-13-15-39(16-14-38)33(42)45-35(4,5)6;1-30(2,3)38-29(36)33-25-9-7-21(28-5-4-14-37-28)16-22(25)17-27(35)23-15-20-6-8-24(18-26(20)32-19-23)34-12-10-31-11-13-34;1-19(2,3)26-18(25)22-8-6-21(7-9-22)15-5-4-13-10-14(17(23)24)12-20-16(13)11-15;1-15(2,3)20-14(18)17-12-7-6-10(9-11(12)16)13-5-4-8-19-13/h7-12,17-19,21-22H,13-16,20H2,1-6H3,(H,37,41);4-9,14-16,18-19,31H,10-13,17H2,1-3H3,(H,33,36);4-5,10-12H,6-9H2,1-3H3,(H,23,24);4-9H,16H2,1-3H3,(H,17,18). The van der Waals surface area contributed by atoms with Gasteiger partial charge >= 0.3 is 36.4 Å². The maximum atomic E-state index is 13.6. The van der Waals surface area contributed by atoms with Gasteiger partial charge in [0.15, 0.2) is 11.6 Å². The molecule has 15 rings (SSSR count). The van der Waals surface area contributed by atoms with Crippen molar-refractivity contribution in [3.63, 3.8) is 0 Å². The first kappa shape index (κ1) is 93.9. The third-order valence-electron chi connectivity index (χ3n) is 20.3. The molecule has 5 amide bonds. The Kier molecular flexibility index (Phi) is 29.5. The van der Waals surface area contributed by atoms with E-state index in [1.165, 1.54) is 6.20 Å². The fraction of sp³-hybridized carbons (Fsp3) is 0.343. The molecule has 0 radical (unpaired) electrons. The lowest BCUT2D eigenvalue weighted by molar-refractivity contribution is 0.0230. The van der Waals surface area contributed by atoms with Crippen LogP contribution < -0.4 is 41.7 Å². The molecule has 6 aromatic carbocycles. The highest BCUT2D eigenvalue weighted by Gasteiger charge is 2.30. The maximum Gasteiger partial charge on any atom is 0.412 e. The molecule has 0 saturated carbocycles. The monoisotopic (exact) mass is 1760 g/mol. The number of benzene rings is 6. The summed E-state index contributed by atoms with van der Waals surface area (Å²) in [6.07, 6.45) is 7.20. The van der Waals surface area contributed by atoms with Gasteiger partial charge in [0, 0.05) is 182 Å². The molecule has 676 valence electrons. The van der Waals surface area contributed by atoms with Gasteiger partial charge in [0.25, 0.3) is 0 Å². The van der Waals surface area contributed by atoms with Crippen molar-refractivity contribution in [2.24, 2.45) is 0 Å². The van der Waals surface area contributed by atoms with Crippen LogP contribution in [0.15, 0.2) is 214 Å². The highest BCUT2D eigenvalue weighted by Crippen LogP contribution is 2.35. The Morgan fingerprint density at radius 1 is 0.380 bits per heavy atom. The third-order valence-corrected chi connectivity index (χ3v) is 20.3. The van der Waals surface area contributed by atoms with Gasteiger partial charge in [0.2, 0.25) is 0 Å². The van der Waals surface area contributed by atoms with Crippen LogP contribution in [-0.4, -0.2) is 184 Å². The van der Waals surface area contributed by atoms with E-state index in [4.69, 9.17) is 47.8 Å². The summed E-state index contributed by atoms with van der Waals surface area (Å²) >= 11 is 0. The molecule has 129 heavy (non-hydrogen) atoms. The summed E-state index contributed by atoms with van der Waals surface area (Å²) < 4.78 is 43.3. The number of piperazine rings is 3. The number of nitrogens with two attached hydrogens (primary N) is 1. The number of carboxylic acid groups (broad SMARTS) is 1. The van der Waals surface area contributed by atoms with Gasteiger partial charge < -0.3 is 77.6 Å². The van der Waals surface area contributed by atoms with Gasteiger partial charge in [-0.3, -0.25) is 40.5 Å². The number of furan rings is 3. The summed E-state index contributed by atoms with van der Waals surface area (Å²) in [5.41, 5.74) is 15.4. The number of carbonyl (C=O) groups is 8. The minimum absolute atomic E-state index is 0.0346. The average molecular weight is 1760 g/mol. The van der Waals surface area contributed by atoms with E-state index < -0.39 is 52.3 Å². The summed E-state index contributed by atoms with van der Waals surface area (Å²) in [6.45, 7) is 36.3. The van der Waals surface area contributed by atoms with Gasteiger partial charge in [-0.25, -0.2) is 28.8 Å². The Labute approximate surface area is 749 Å². The number of Topliss-reactive ketones (excluding diaryl/α,β-unsaturated/α-hetero) is 2. The van der Waals surface area contributed by atoms with E-state index in [9.17, 15) is 38.4 Å². The SMILES string of the molecule is CC(C)(C)OC(=O)N1CCN(c2ccc3cc(C(=O)O)cnc3c2)CC1.CC(C)(C)OC(=O)Nc1ccc(-c2ccco2)cc1CC(=O)c1cnc2cc(N3CCN(C(=O)OC(C)(C)C)CC3)ccc2c1.CC(C)(C)OC(=O)Nc1ccc(-c2ccco2)cc1CC(=O)c1cnc2cc(N3CCNCC3)ccc2c1.CC(C)(C)OC(=O)Nc1ccc(-c2ccco2)cc1N. The number of pyridine rings is 3. The number of nitrogens with one attached hydrogen (secondary N) is 4. The summed E-state index contributed by atoms with van der Waals surface area (Å²) in [4.78, 5) is 123. The lowest BCUT2D eigenvalue weighted by Gasteiger charge is -2.36. The van der Waals surface area contributed by atoms with Crippen molar-refractivity contribution in [3.8, 4) is 34.0 Å². The topological polar surface area (TPSA) is 371 Å². The molecule has 0 unspecified atom stereocenters. The van der Waals surface area contributed by atoms with Crippen molar-refractivity contribution in [1.82, 2.24) is 30.1 Å².